The molecule has 5 rings (SSSR count). The molecule has 3 atom stereocenters. The van der Waals surface area contributed by atoms with Crippen molar-refractivity contribution in [3.63, 3.8) is 0 Å². The van der Waals surface area contributed by atoms with E-state index in [0.717, 1.165) is 54.4 Å². The van der Waals surface area contributed by atoms with Crippen molar-refractivity contribution >= 4 is 107 Å². The number of nitrogens with one attached hydrogen (secondary N) is 3. The fourth-order valence-corrected chi connectivity index (χ4v) is 8.13. The molecule has 7 amide bonds. The first-order chi connectivity index (χ1) is 25.6. The Labute approximate surface area is 341 Å². The summed E-state index contributed by atoms with van der Waals surface area (Å²) in [4.78, 5) is 118. The number of carboxylic acids is 1. The number of ether oxygens (including phenoxy) is 2. The summed E-state index contributed by atoms with van der Waals surface area (Å²) >= 11 is 2.15. The zero-order valence-corrected chi connectivity index (χ0v) is 30.5. The third kappa shape index (κ3) is 8.61. The molecule has 2 fully saturated rings. The van der Waals surface area contributed by atoms with E-state index in [1.54, 1.807) is 14.0 Å². The van der Waals surface area contributed by atoms with Gasteiger partial charge in [-0.1, -0.05) is 17.8 Å². The van der Waals surface area contributed by atoms with Crippen molar-refractivity contribution < 1.29 is 57.7 Å². The third-order valence-electron chi connectivity index (χ3n) is 8.19. The van der Waals surface area contributed by atoms with Gasteiger partial charge in [0.15, 0.2) is 11.5 Å². The van der Waals surface area contributed by atoms with Gasteiger partial charge in [0.2, 0.25) is 23.1 Å². The summed E-state index contributed by atoms with van der Waals surface area (Å²) in [6.45, 7) is 3.75. The quantitative estimate of drug-likeness (QED) is 0.0237. The fraction of sp³-hybridized carbons (Fsp3) is 0.400. The van der Waals surface area contributed by atoms with E-state index in [-0.39, 0.29) is 89.9 Å². The van der Waals surface area contributed by atoms with Crippen molar-refractivity contribution in [3.05, 3.63) is 35.0 Å². The molecular formula is C30H33N10NaO12S2. The number of nitrogens with zero attached hydrogens (tertiary/aromatic N) is 7. The van der Waals surface area contributed by atoms with Crippen molar-refractivity contribution in [2.75, 3.05) is 31.1 Å². The Morgan fingerprint density at radius 1 is 1.09 bits per heavy atom. The van der Waals surface area contributed by atoms with Crippen molar-refractivity contribution in [1.82, 2.24) is 50.9 Å². The van der Waals surface area contributed by atoms with Gasteiger partial charge in [-0.15, -0.1) is 16.9 Å². The number of esters is 2. The number of likely N-dealkylation sites (N-methyl/N-ethyl adjacent to an activating group) is 1. The number of imide groups is 1. The van der Waals surface area contributed by atoms with Crippen LogP contribution in [0.15, 0.2) is 34.6 Å². The van der Waals surface area contributed by atoms with E-state index < -0.39 is 64.6 Å². The average molecular weight is 813 g/mol. The number of amides is 7. The van der Waals surface area contributed by atoms with Crippen LogP contribution >= 0.6 is 23.5 Å². The van der Waals surface area contributed by atoms with Gasteiger partial charge in [0, 0.05) is 52.0 Å². The number of fused-ring (bicyclic) bond motifs is 1. The van der Waals surface area contributed by atoms with Crippen LogP contribution in [0.5, 0.6) is 11.5 Å². The van der Waals surface area contributed by atoms with E-state index in [1.165, 1.54) is 15.6 Å². The van der Waals surface area contributed by atoms with Crippen LogP contribution in [0.4, 0.5) is 4.79 Å². The van der Waals surface area contributed by atoms with Gasteiger partial charge in [0.25, 0.3) is 5.91 Å². The first-order valence-electron chi connectivity index (χ1n) is 15.8. The van der Waals surface area contributed by atoms with Gasteiger partial charge in [-0.05, 0) is 40.6 Å². The Morgan fingerprint density at radius 3 is 2.38 bits per heavy atom. The second-order valence-electron chi connectivity index (χ2n) is 11.6. The summed E-state index contributed by atoms with van der Waals surface area (Å²) in [6.07, 6.45) is 0.129. The minimum absolute atomic E-state index is 0. The zero-order chi connectivity index (χ0) is 39.5. The first-order valence-corrected chi connectivity index (χ1v) is 17.9. The molecule has 55 heavy (non-hydrogen) atoms. The number of aromatic nitrogens is 4. The minimum atomic E-state index is -2.24. The van der Waals surface area contributed by atoms with E-state index in [4.69, 9.17) is 9.47 Å². The second kappa shape index (κ2) is 17.6. The number of hydrogen-bond acceptors (Lipinski definition) is 16. The number of thioether (sulfide) groups is 2. The summed E-state index contributed by atoms with van der Waals surface area (Å²) in [5, 5.41) is 27.6. The van der Waals surface area contributed by atoms with E-state index in [1.807, 2.05) is 0 Å². The summed E-state index contributed by atoms with van der Waals surface area (Å²) in [5.74, 6) is -7.88. The predicted octanol–water partition coefficient (Wildman–Crippen LogP) is -2.54. The molecule has 3 aliphatic rings. The van der Waals surface area contributed by atoms with Crippen molar-refractivity contribution in [3.8, 4) is 11.5 Å². The number of tetrazole rings is 1. The van der Waals surface area contributed by atoms with E-state index in [9.17, 15) is 48.3 Å². The molecule has 1 aromatic carbocycles. The van der Waals surface area contributed by atoms with Crippen molar-refractivity contribution in [1.29, 1.82) is 0 Å². The number of hydrogen-bond donors (Lipinski definition) is 4. The van der Waals surface area contributed by atoms with Crippen LogP contribution in [0.1, 0.15) is 32.4 Å². The fourth-order valence-electron chi connectivity index (χ4n) is 5.72. The van der Waals surface area contributed by atoms with E-state index >= 15 is 0 Å². The van der Waals surface area contributed by atoms with Crippen LogP contribution < -0.4 is 25.4 Å². The molecule has 3 aliphatic heterocycles. The molecule has 0 saturated carbocycles. The number of aliphatic carboxylic acids is 1. The van der Waals surface area contributed by atoms with Crippen LogP contribution in [0.25, 0.3) is 0 Å². The van der Waals surface area contributed by atoms with Gasteiger partial charge in [-0.25, -0.2) is 14.3 Å². The van der Waals surface area contributed by atoms with Crippen molar-refractivity contribution in [2.45, 2.75) is 43.0 Å². The molecule has 2 saturated heterocycles. The van der Waals surface area contributed by atoms with Crippen LogP contribution in [0, 0.1) is 0 Å². The van der Waals surface area contributed by atoms with Crippen LogP contribution in [0.2, 0.25) is 0 Å². The zero-order valence-electron chi connectivity index (χ0n) is 28.9. The molecule has 22 nitrogen and oxygen atoms in total. The third-order valence-corrected chi connectivity index (χ3v) is 10.7. The molecule has 25 heteroatoms. The maximum absolute atomic E-state index is 14.3. The van der Waals surface area contributed by atoms with Crippen molar-refractivity contribution in [2.24, 2.45) is 7.05 Å². The number of carbonyl (C=O) groups excluding carboxylic acids is 8. The standard InChI is InChI=1S/C30H32N10O12S2.Na.H/c1-5-38-8-9-39(24(46)23(38)45)28(50)32-20(16-6-7-18(51-14(2)42)19(10-16)52-15(3)43)22(44)33-30(31-13-41)26(49)40-21(25(47)48)17(11-53-27(30)40)12-54-29-34-35-36-37(29)4;;/h6-7,10,13,20,27H,5,8-9,11-12H2,1-4H3,(H,31,41)(H,32,50)(H,33,44)(H,47,48);;/t20?,27-,30-;;/m1../s1. The molecule has 2 aromatic rings. The Bertz CT molecular complexity index is 2000. The molecule has 0 spiro atoms. The molecule has 4 heterocycles. The summed E-state index contributed by atoms with van der Waals surface area (Å²) in [7, 11) is 1.59. The van der Waals surface area contributed by atoms with Gasteiger partial charge in [0.1, 0.15) is 17.1 Å². The number of aryl methyl sites for hydroxylation is 1. The number of β-lactam (4-membered cyclic amide) rings is 1. The monoisotopic (exact) mass is 812 g/mol. The van der Waals surface area contributed by atoms with Gasteiger partial charge in [-0.2, -0.15) is 0 Å². The molecule has 4 N–H and O–H groups in total. The predicted molar refractivity (Wildman–Crippen MR) is 189 cm³/mol. The number of rotatable bonds is 13. The van der Waals surface area contributed by atoms with E-state index in [2.05, 4.69) is 31.5 Å². The Hall–Kier alpha value is -5.04. The number of benzene rings is 1. The van der Waals surface area contributed by atoms with Crippen LogP contribution in [-0.4, -0.2) is 166 Å². The normalized spacial score (nSPS) is 19.7. The Morgan fingerprint density at radius 2 is 1.78 bits per heavy atom. The average Bonchev–Trinajstić information content (AvgIpc) is 3.54. The molecule has 0 bridgehead atoms. The van der Waals surface area contributed by atoms with Crippen LogP contribution in [-0.2, 0) is 45.4 Å². The summed E-state index contributed by atoms with van der Waals surface area (Å²) < 4.78 is 11.6. The molecule has 288 valence electrons. The molecule has 0 radical (unpaired) electrons. The molecule has 0 aliphatic carbocycles. The number of piperazine rings is 1. The maximum atomic E-state index is 14.3. The SMILES string of the molecule is CCN1CCN(C(=O)NC(C(=O)N[C@]2(NC=O)C(=O)N3C(C(=O)O)=C(CSc4nnnn4C)CS[C@@H]32)c2ccc(OC(C)=O)c(OC(C)=O)c2)C(=O)C1=O.[NaH]. The summed E-state index contributed by atoms with van der Waals surface area (Å²) in [5.41, 5.74) is -2.43. The second-order valence-corrected chi connectivity index (χ2v) is 13.7. The molecular weight excluding hydrogens is 780 g/mol. The molecule has 1 unspecified atom stereocenters. The van der Waals surface area contributed by atoms with Gasteiger partial charge in [-0.3, -0.25) is 43.4 Å². The van der Waals surface area contributed by atoms with Gasteiger partial charge in [0.05, 0.1) is 0 Å². The van der Waals surface area contributed by atoms with E-state index in [0.29, 0.717) is 15.6 Å². The topological polar surface area (TPSA) is 282 Å². The Balaban J connectivity index is 0.00000673. The number of carbonyl (C=O) groups is 9. The number of urea groups is 1. The number of carboxylic acid groups (broad SMARTS) is 1. The first kappa shape index (κ1) is 42.7. The van der Waals surface area contributed by atoms with Gasteiger partial charge >= 0.3 is 65.3 Å². The Kier molecular flexibility index (Phi) is 13.7. The molecule has 1 aromatic heterocycles. The van der Waals surface area contributed by atoms with Gasteiger partial charge < -0.3 is 35.4 Å². The van der Waals surface area contributed by atoms with Crippen LogP contribution in [0.3, 0.4) is 0 Å². The summed E-state index contributed by atoms with van der Waals surface area (Å²) in [6, 6.07) is 0.419.